The molecule has 82 valence electrons. The summed E-state index contributed by atoms with van der Waals surface area (Å²) in [7, 11) is 0. The Morgan fingerprint density at radius 2 is 2.00 bits per heavy atom. The van der Waals surface area contributed by atoms with Crippen molar-refractivity contribution in [3.05, 3.63) is 17.7 Å². The summed E-state index contributed by atoms with van der Waals surface area (Å²) in [6, 6.07) is 0.687. The van der Waals surface area contributed by atoms with Gasteiger partial charge in [-0.05, 0) is 39.0 Å². The van der Waals surface area contributed by atoms with Gasteiger partial charge < -0.3 is 4.57 Å². The zero-order chi connectivity index (χ0) is 10.3. The lowest BCUT2D eigenvalue weighted by atomic mass is 10.0. The van der Waals surface area contributed by atoms with Crippen molar-refractivity contribution in [1.82, 2.24) is 9.55 Å². The van der Waals surface area contributed by atoms with Crippen LogP contribution in [0, 0.1) is 0 Å². The van der Waals surface area contributed by atoms with E-state index in [1.165, 1.54) is 56.5 Å². The van der Waals surface area contributed by atoms with Gasteiger partial charge in [-0.2, -0.15) is 0 Å². The molecule has 1 aromatic rings. The maximum Gasteiger partial charge on any atom is 0.112 e. The molecule has 1 unspecified atom stereocenters. The molecule has 1 saturated carbocycles. The minimum atomic E-state index is 0.687. The number of fused-ring (bicyclic) bond motifs is 1. The highest BCUT2D eigenvalue weighted by Gasteiger charge is 2.26. The smallest absolute Gasteiger partial charge is 0.112 e. The van der Waals surface area contributed by atoms with Gasteiger partial charge in [0.25, 0.3) is 0 Å². The molecule has 0 amide bonds. The lowest BCUT2D eigenvalue weighted by molar-refractivity contribution is 0.407. The first kappa shape index (κ1) is 9.44. The van der Waals surface area contributed by atoms with Gasteiger partial charge in [0.2, 0.25) is 0 Å². The molecule has 0 N–H and O–H groups in total. The Balaban J connectivity index is 1.97. The Hall–Kier alpha value is -0.790. The van der Waals surface area contributed by atoms with Crippen LogP contribution in [0.15, 0.2) is 6.20 Å². The van der Waals surface area contributed by atoms with Gasteiger partial charge in [-0.3, -0.25) is 0 Å². The SMILES string of the molecule is CC1CCCc2cnc(C3CCCC3)n21. The molecule has 2 aliphatic rings. The Kier molecular flexibility index (Phi) is 2.30. The molecule has 2 heteroatoms. The molecule has 0 bridgehead atoms. The van der Waals surface area contributed by atoms with E-state index in [9.17, 15) is 0 Å². The molecule has 2 nitrogen and oxygen atoms in total. The molecule has 1 aliphatic carbocycles. The lowest BCUT2D eigenvalue weighted by Gasteiger charge is -2.25. The van der Waals surface area contributed by atoms with E-state index in [1.54, 1.807) is 0 Å². The predicted molar refractivity (Wildman–Crippen MR) is 61.1 cm³/mol. The number of aromatic nitrogens is 2. The monoisotopic (exact) mass is 204 g/mol. The first-order valence-electron chi connectivity index (χ1n) is 6.42. The minimum Gasteiger partial charge on any atom is -0.329 e. The molecule has 15 heavy (non-hydrogen) atoms. The van der Waals surface area contributed by atoms with Gasteiger partial charge in [-0.1, -0.05) is 12.8 Å². The largest absolute Gasteiger partial charge is 0.329 e. The Morgan fingerprint density at radius 1 is 1.20 bits per heavy atom. The minimum absolute atomic E-state index is 0.687. The zero-order valence-electron chi connectivity index (χ0n) is 9.58. The van der Waals surface area contributed by atoms with E-state index in [0.29, 0.717) is 6.04 Å². The summed E-state index contributed by atoms with van der Waals surface area (Å²) in [5.41, 5.74) is 1.48. The summed E-state index contributed by atoms with van der Waals surface area (Å²) in [5.74, 6) is 2.16. The van der Waals surface area contributed by atoms with E-state index in [-0.39, 0.29) is 0 Å². The molecule has 1 aliphatic heterocycles. The van der Waals surface area contributed by atoms with Crippen LogP contribution in [0.25, 0.3) is 0 Å². The van der Waals surface area contributed by atoms with Gasteiger partial charge in [0.05, 0.1) is 0 Å². The van der Waals surface area contributed by atoms with Crippen molar-refractivity contribution in [3.8, 4) is 0 Å². The van der Waals surface area contributed by atoms with Crippen molar-refractivity contribution in [3.63, 3.8) is 0 Å². The van der Waals surface area contributed by atoms with Crippen molar-refractivity contribution in [2.75, 3.05) is 0 Å². The number of hydrogen-bond acceptors (Lipinski definition) is 1. The van der Waals surface area contributed by atoms with E-state index in [2.05, 4.69) is 17.7 Å². The van der Waals surface area contributed by atoms with Crippen molar-refractivity contribution >= 4 is 0 Å². The van der Waals surface area contributed by atoms with Crippen LogP contribution >= 0.6 is 0 Å². The number of aryl methyl sites for hydroxylation is 1. The van der Waals surface area contributed by atoms with Crippen molar-refractivity contribution in [2.45, 2.75) is 63.8 Å². The van der Waals surface area contributed by atoms with Gasteiger partial charge in [-0.25, -0.2) is 4.98 Å². The summed E-state index contributed by atoms with van der Waals surface area (Å²) in [6.45, 7) is 2.35. The molecule has 2 heterocycles. The fraction of sp³-hybridized carbons (Fsp3) is 0.769. The van der Waals surface area contributed by atoms with E-state index < -0.39 is 0 Å². The average Bonchev–Trinajstić information content (AvgIpc) is 2.85. The molecule has 1 fully saturated rings. The highest BCUT2D eigenvalue weighted by molar-refractivity contribution is 5.14. The Labute approximate surface area is 91.7 Å². The van der Waals surface area contributed by atoms with Crippen molar-refractivity contribution in [2.24, 2.45) is 0 Å². The van der Waals surface area contributed by atoms with Gasteiger partial charge >= 0.3 is 0 Å². The number of hydrogen-bond donors (Lipinski definition) is 0. The second kappa shape index (κ2) is 3.66. The van der Waals surface area contributed by atoms with Crippen LogP contribution in [0.2, 0.25) is 0 Å². The Bertz CT molecular complexity index is 347. The van der Waals surface area contributed by atoms with Crippen LogP contribution in [0.3, 0.4) is 0 Å². The summed E-state index contributed by atoms with van der Waals surface area (Å²) in [4.78, 5) is 4.69. The van der Waals surface area contributed by atoms with Crippen LogP contribution in [-0.2, 0) is 6.42 Å². The molecule has 0 saturated heterocycles. The lowest BCUT2D eigenvalue weighted by Crippen LogP contribution is -2.18. The number of imidazole rings is 1. The Morgan fingerprint density at radius 3 is 2.80 bits per heavy atom. The second-order valence-corrected chi connectivity index (χ2v) is 5.20. The summed E-state index contributed by atoms with van der Waals surface area (Å²) in [5, 5.41) is 0. The van der Waals surface area contributed by atoms with E-state index in [4.69, 9.17) is 4.98 Å². The maximum atomic E-state index is 4.69. The van der Waals surface area contributed by atoms with Gasteiger partial charge in [0, 0.05) is 23.9 Å². The summed E-state index contributed by atoms with van der Waals surface area (Å²) in [6.07, 6.45) is 11.6. The third-order valence-corrected chi connectivity index (χ3v) is 4.12. The van der Waals surface area contributed by atoms with E-state index >= 15 is 0 Å². The standard InChI is InChI=1S/C13H20N2/c1-10-5-4-8-12-9-14-13(15(10)12)11-6-2-3-7-11/h9-11H,2-8H2,1H3. The fourth-order valence-electron chi connectivity index (χ4n) is 3.30. The zero-order valence-corrected chi connectivity index (χ0v) is 9.58. The highest BCUT2D eigenvalue weighted by Crippen LogP contribution is 2.37. The second-order valence-electron chi connectivity index (χ2n) is 5.20. The van der Waals surface area contributed by atoms with Gasteiger partial charge in [0.15, 0.2) is 0 Å². The molecular weight excluding hydrogens is 184 g/mol. The number of rotatable bonds is 1. The van der Waals surface area contributed by atoms with Crippen LogP contribution in [-0.4, -0.2) is 9.55 Å². The normalized spacial score (nSPS) is 26.9. The van der Waals surface area contributed by atoms with Crippen LogP contribution in [0.4, 0.5) is 0 Å². The molecule has 1 atom stereocenters. The summed E-state index contributed by atoms with van der Waals surface area (Å²) >= 11 is 0. The number of nitrogens with zero attached hydrogens (tertiary/aromatic N) is 2. The van der Waals surface area contributed by atoms with Crippen molar-refractivity contribution in [1.29, 1.82) is 0 Å². The third-order valence-electron chi connectivity index (χ3n) is 4.12. The molecular formula is C13H20N2. The van der Waals surface area contributed by atoms with Crippen LogP contribution in [0.1, 0.15) is 68.9 Å². The van der Waals surface area contributed by atoms with Crippen LogP contribution in [0.5, 0.6) is 0 Å². The van der Waals surface area contributed by atoms with Gasteiger partial charge in [-0.15, -0.1) is 0 Å². The first-order valence-corrected chi connectivity index (χ1v) is 6.42. The van der Waals surface area contributed by atoms with Crippen LogP contribution < -0.4 is 0 Å². The topological polar surface area (TPSA) is 17.8 Å². The van der Waals surface area contributed by atoms with Crippen molar-refractivity contribution < 1.29 is 0 Å². The molecule has 0 spiro atoms. The molecule has 1 aromatic heterocycles. The third kappa shape index (κ3) is 1.51. The maximum absolute atomic E-state index is 4.69. The predicted octanol–water partition coefficient (Wildman–Crippen LogP) is 3.44. The summed E-state index contributed by atoms with van der Waals surface area (Å²) < 4.78 is 2.54. The fourth-order valence-corrected chi connectivity index (χ4v) is 3.30. The van der Waals surface area contributed by atoms with E-state index in [1.807, 2.05) is 0 Å². The quantitative estimate of drug-likeness (QED) is 0.685. The van der Waals surface area contributed by atoms with Gasteiger partial charge in [0.1, 0.15) is 5.82 Å². The molecule has 0 radical (unpaired) electrons. The first-order chi connectivity index (χ1) is 7.36. The average molecular weight is 204 g/mol. The highest BCUT2D eigenvalue weighted by atomic mass is 15.1. The molecule has 0 aromatic carbocycles. The molecule has 3 rings (SSSR count). The van der Waals surface area contributed by atoms with E-state index in [0.717, 1.165) is 5.92 Å².